The van der Waals surface area contributed by atoms with Crippen molar-refractivity contribution in [3.8, 4) is 0 Å². The molecule has 2 rings (SSSR count). The summed E-state index contributed by atoms with van der Waals surface area (Å²) in [5, 5.41) is 0. The topological polar surface area (TPSA) is 44.5 Å². The Hall–Kier alpha value is -0.120. The average molecular weight is 157 g/mol. The second-order valence-electron chi connectivity index (χ2n) is 3.94. The first-order valence-electron chi connectivity index (χ1n) is 4.18. The first-order chi connectivity index (χ1) is 5.07. The predicted molar refractivity (Wildman–Crippen MR) is 41.0 cm³/mol. The molecule has 0 radical (unpaired) electrons. The van der Waals surface area contributed by atoms with Gasteiger partial charge in [-0.05, 0) is 26.7 Å². The Morgan fingerprint density at radius 2 is 1.64 bits per heavy atom. The van der Waals surface area contributed by atoms with Crippen LogP contribution >= 0.6 is 0 Å². The highest BCUT2D eigenvalue weighted by Crippen LogP contribution is 2.37. The van der Waals surface area contributed by atoms with Gasteiger partial charge in [-0.1, -0.05) is 0 Å². The van der Waals surface area contributed by atoms with Gasteiger partial charge in [0.2, 0.25) is 0 Å². The van der Waals surface area contributed by atoms with E-state index in [1.165, 1.54) is 0 Å². The van der Waals surface area contributed by atoms with Gasteiger partial charge in [0, 0.05) is 6.04 Å². The van der Waals surface area contributed by atoms with Crippen LogP contribution in [0.25, 0.3) is 0 Å². The molecule has 1 saturated heterocycles. The van der Waals surface area contributed by atoms with Crippen LogP contribution in [0.3, 0.4) is 0 Å². The van der Waals surface area contributed by atoms with E-state index in [4.69, 9.17) is 15.2 Å². The molecule has 0 spiro atoms. The van der Waals surface area contributed by atoms with Crippen molar-refractivity contribution in [2.75, 3.05) is 0 Å². The molecule has 0 bridgehead atoms. The fourth-order valence-electron chi connectivity index (χ4n) is 2.00. The monoisotopic (exact) mass is 157 g/mol. The van der Waals surface area contributed by atoms with Gasteiger partial charge in [0.25, 0.3) is 0 Å². The molecule has 1 heterocycles. The van der Waals surface area contributed by atoms with E-state index < -0.39 is 0 Å². The van der Waals surface area contributed by atoms with Crippen molar-refractivity contribution in [1.29, 1.82) is 0 Å². The minimum Gasteiger partial charge on any atom is -0.345 e. The van der Waals surface area contributed by atoms with Crippen molar-refractivity contribution in [3.05, 3.63) is 0 Å². The van der Waals surface area contributed by atoms with E-state index in [1.807, 2.05) is 13.8 Å². The van der Waals surface area contributed by atoms with Gasteiger partial charge >= 0.3 is 0 Å². The second-order valence-corrected chi connectivity index (χ2v) is 3.94. The van der Waals surface area contributed by atoms with Crippen molar-refractivity contribution in [3.63, 3.8) is 0 Å². The fraction of sp³-hybridized carbons (Fsp3) is 1.00. The van der Waals surface area contributed by atoms with Gasteiger partial charge < -0.3 is 15.2 Å². The molecule has 1 aliphatic carbocycles. The van der Waals surface area contributed by atoms with Crippen molar-refractivity contribution in [2.24, 2.45) is 5.73 Å². The van der Waals surface area contributed by atoms with E-state index in [2.05, 4.69) is 0 Å². The molecule has 3 nitrogen and oxygen atoms in total. The third-order valence-corrected chi connectivity index (χ3v) is 2.36. The average Bonchev–Trinajstić information content (AvgIpc) is 2.17. The number of hydrogen-bond donors (Lipinski definition) is 1. The van der Waals surface area contributed by atoms with E-state index >= 15 is 0 Å². The summed E-state index contributed by atoms with van der Waals surface area (Å²) in [6, 6.07) is 0.279. The first-order valence-corrected chi connectivity index (χ1v) is 4.18. The molecular formula is C8H15NO2. The molecule has 2 aliphatic rings. The maximum atomic E-state index is 5.75. The van der Waals surface area contributed by atoms with Crippen molar-refractivity contribution < 1.29 is 9.47 Å². The Morgan fingerprint density at radius 1 is 1.18 bits per heavy atom. The van der Waals surface area contributed by atoms with E-state index in [0.717, 1.165) is 12.8 Å². The minimum absolute atomic E-state index is 0.250. The van der Waals surface area contributed by atoms with Gasteiger partial charge in [-0.15, -0.1) is 0 Å². The van der Waals surface area contributed by atoms with Crippen LogP contribution in [0, 0.1) is 0 Å². The summed E-state index contributed by atoms with van der Waals surface area (Å²) in [4.78, 5) is 0. The molecule has 64 valence electrons. The number of nitrogens with two attached hydrogens (primary N) is 1. The van der Waals surface area contributed by atoms with Crippen LogP contribution in [0.4, 0.5) is 0 Å². The standard InChI is InChI=1S/C8H15NO2/c1-8(2)10-6-3-5(9)4-7(6)11-8/h5-7H,3-4,9H2,1-2H3. The predicted octanol–water partition coefficient (Wildman–Crippen LogP) is 0.628. The van der Waals surface area contributed by atoms with E-state index in [9.17, 15) is 0 Å². The molecule has 0 aromatic rings. The molecule has 2 atom stereocenters. The quantitative estimate of drug-likeness (QED) is 0.561. The molecule has 0 aromatic carbocycles. The van der Waals surface area contributed by atoms with Crippen molar-refractivity contribution >= 4 is 0 Å². The SMILES string of the molecule is CC1(C)OC2CC(N)CC2O1. The molecule has 3 heteroatoms. The zero-order valence-electron chi connectivity index (χ0n) is 7.04. The van der Waals surface area contributed by atoms with E-state index in [-0.39, 0.29) is 24.0 Å². The summed E-state index contributed by atoms with van der Waals surface area (Å²) in [6.07, 6.45) is 2.40. The zero-order chi connectivity index (χ0) is 8.06. The number of ether oxygens (including phenoxy) is 2. The third-order valence-electron chi connectivity index (χ3n) is 2.36. The lowest BCUT2D eigenvalue weighted by atomic mass is 10.3. The lowest BCUT2D eigenvalue weighted by Crippen LogP contribution is -2.26. The van der Waals surface area contributed by atoms with Crippen molar-refractivity contribution in [1.82, 2.24) is 0 Å². The Balaban J connectivity index is 2.04. The van der Waals surface area contributed by atoms with E-state index in [1.54, 1.807) is 0 Å². The minimum atomic E-state index is -0.379. The Bertz CT molecular complexity index is 153. The molecule has 2 fully saturated rings. The number of rotatable bonds is 0. The molecule has 2 N–H and O–H groups in total. The van der Waals surface area contributed by atoms with Crippen LogP contribution < -0.4 is 5.73 Å². The summed E-state index contributed by atoms with van der Waals surface area (Å²) >= 11 is 0. The van der Waals surface area contributed by atoms with Crippen LogP contribution in [-0.2, 0) is 9.47 Å². The molecule has 1 saturated carbocycles. The maximum absolute atomic E-state index is 5.75. The first kappa shape index (κ1) is 7.53. The molecular weight excluding hydrogens is 142 g/mol. The van der Waals surface area contributed by atoms with Crippen molar-refractivity contribution in [2.45, 2.75) is 50.7 Å². The zero-order valence-corrected chi connectivity index (χ0v) is 7.04. The van der Waals surface area contributed by atoms with Gasteiger partial charge in [-0.25, -0.2) is 0 Å². The number of fused-ring (bicyclic) bond motifs is 1. The van der Waals surface area contributed by atoms with E-state index in [0.29, 0.717) is 0 Å². The maximum Gasteiger partial charge on any atom is 0.163 e. The molecule has 11 heavy (non-hydrogen) atoms. The Morgan fingerprint density at radius 3 is 2.09 bits per heavy atom. The highest BCUT2D eigenvalue weighted by Gasteiger charge is 2.46. The van der Waals surface area contributed by atoms with Gasteiger partial charge in [-0.3, -0.25) is 0 Å². The lowest BCUT2D eigenvalue weighted by molar-refractivity contribution is -0.151. The summed E-state index contributed by atoms with van der Waals surface area (Å²) in [5.41, 5.74) is 5.75. The molecule has 1 aliphatic heterocycles. The summed E-state index contributed by atoms with van der Waals surface area (Å²) in [5.74, 6) is -0.379. The van der Waals surface area contributed by atoms with Gasteiger partial charge in [0.05, 0.1) is 12.2 Å². The molecule has 0 amide bonds. The Labute approximate surface area is 66.8 Å². The fourth-order valence-corrected chi connectivity index (χ4v) is 2.00. The molecule has 0 aromatic heterocycles. The van der Waals surface area contributed by atoms with Crippen LogP contribution in [0.15, 0.2) is 0 Å². The van der Waals surface area contributed by atoms with Gasteiger partial charge in [0.15, 0.2) is 5.79 Å². The van der Waals surface area contributed by atoms with Crippen LogP contribution in [0.5, 0.6) is 0 Å². The normalized spacial score (nSPS) is 47.7. The smallest absolute Gasteiger partial charge is 0.163 e. The summed E-state index contributed by atoms with van der Waals surface area (Å²) in [6.45, 7) is 3.91. The van der Waals surface area contributed by atoms with Crippen LogP contribution in [-0.4, -0.2) is 24.0 Å². The van der Waals surface area contributed by atoms with Gasteiger partial charge in [-0.2, -0.15) is 0 Å². The highest BCUT2D eigenvalue weighted by molar-refractivity contribution is 4.92. The lowest BCUT2D eigenvalue weighted by Gasteiger charge is -2.19. The number of hydrogen-bond acceptors (Lipinski definition) is 3. The third kappa shape index (κ3) is 1.28. The van der Waals surface area contributed by atoms with Crippen LogP contribution in [0.1, 0.15) is 26.7 Å². The van der Waals surface area contributed by atoms with Crippen LogP contribution in [0.2, 0.25) is 0 Å². The largest absolute Gasteiger partial charge is 0.345 e. The summed E-state index contributed by atoms with van der Waals surface area (Å²) in [7, 11) is 0. The van der Waals surface area contributed by atoms with Gasteiger partial charge in [0.1, 0.15) is 0 Å². The highest BCUT2D eigenvalue weighted by atomic mass is 16.8. The molecule has 2 unspecified atom stereocenters. The second kappa shape index (κ2) is 2.19. The summed E-state index contributed by atoms with van der Waals surface area (Å²) < 4.78 is 11.3. The Kier molecular flexibility index (Phi) is 1.50.